The number of nitrogens with zero attached hydrogens (tertiary/aromatic N) is 3. The van der Waals surface area contributed by atoms with Gasteiger partial charge < -0.3 is 14.2 Å². The summed E-state index contributed by atoms with van der Waals surface area (Å²) in [6.07, 6.45) is 4.15. The molecule has 0 unspecified atom stereocenters. The first-order chi connectivity index (χ1) is 8.83. The van der Waals surface area contributed by atoms with E-state index in [2.05, 4.69) is 67.6 Å². The first kappa shape index (κ1) is 23.0. The van der Waals surface area contributed by atoms with Gasteiger partial charge in [0.1, 0.15) is 0 Å². The third-order valence-electron chi connectivity index (χ3n) is 2.80. The Hall–Kier alpha value is 0.690. The van der Waals surface area contributed by atoms with Crippen molar-refractivity contribution in [2.45, 2.75) is 12.8 Å². The Bertz CT molecular complexity index is 367. The lowest BCUT2D eigenvalue weighted by molar-refractivity contribution is 0.792. The lowest BCUT2D eigenvalue weighted by Gasteiger charge is -2.17. The minimum atomic E-state index is -0.772. The van der Waals surface area contributed by atoms with Gasteiger partial charge in [0.2, 0.25) is 0 Å². The molecule has 6 heteroatoms. The first-order valence-corrected chi connectivity index (χ1v) is 16.2. The smallest absolute Gasteiger partial charge is 0.0374 e. The summed E-state index contributed by atoms with van der Waals surface area (Å²) in [6, 6.07) is 0. The van der Waals surface area contributed by atoms with Gasteiger partial charge in [0.05, 0.1) is 0 Å². The molecule has 20 heavy (non-hydrogen) atoms. The summed E-state index contributed by atoms with van der Waals surface area (Å²) in [5.41, 5.74) is 0. The predicted octanol–water partition coefficient (Wildman–Crippen LogP) is 5.65. The zero-order valence-electron chi connectivity index (χ0n) is 15.5. The maximum Gasteiger partial charge on any atom is 0.0374 e. The first-order valence-electron chi connectivity index (χ1n) is 7.20. The largest absolute Gasteiger partial charge is 0.307 e. The van der Waals surface area contributed by atoms with Gasteiger partial charge in [0.25, 0.3) is 0 Å². The SMILES string of the molecule is CN=P(C)(C)C.CN=P(C)(C)C.CP1(C)=NCCCC1. The van der Waals surface area contributed by atoms with Gasteiger partial charge >= 0.3 is 0 Å². The Balaban J connectivity index is 0. The fraction of sp³-hybridized carbons (Fsp3) is 1.00. The lowest BCUT2D eigenvalue weighted by atomic mass is 10.3. The number of hydrogen-bond acceptors (Lipinski definition) is 3. The van der Waals surface area contributed by atoms with Crippen LogP contribution in [0.2, 0.25) is 0 Å². The van der Waals surface area contributed by atoms with E-state index in [0.717, 1.165) is 6.54 Å². The Labute approximate surface area is 128 Å². The molecule has 0 aliphatic carbocycles. The fourth-order valence-corrected chi connectivity index (χ4v) is 2.84. The molecule has 0 fully saturated rings. The normalized spacial score (nSPS) is 17.5. The molecule has 0 aromatic rings. The Kier molecular flexibility index (Phi) is 12.0. The van der Waals surface area contributed by atoms with Crippen LogP contribution in [0.3, 0.4) is 0 Å². The molecule has 0 amide bonds. The maximum atomic E-state index is 4.57. The molecule has 0 atom stereocenters. The summed E-state index contributed by atoms with van der Waals surface area (Å²) in [6.45, 7) is 18.9. The molecule has 1 heterocycles. The van der Waals surface area contributed by atoms with E-state index in [0.29, 0.717) is 0 Å². The molecule has 0 N–H and O–H groups in total. The summed E-state index contributed by atoms with van der Waals surface area (Å²) >= 11 is 0. The molecule has 0 spiro atoms. The molecule has 1 rings (SSSR count). The van der Waals surface area contributed by atoms with Crippen LogP contribution >= 0.6 is 21.2 Å². The van der Waals surface area contributed by atoms with E-state index in [9.17, 15) is 0 Å². The van der Waals surface area contributed by atoms with E-state index >= 15 is 0 Å². The van der Waals surface area contributed by atoms with Crippen molar-refractivity contribution >= 4 is 21.2 Å². The highest BCUT2D eigenvalue weighted by atomic mass is 31.2. The van der Waals surface area contributed by atoms with Crippen molar-refractivity contribution in [3.05, 3.63) is 0 Å². The van der Waals surface area contributed by atoms with Crippen LogP contribution in [-0.4, -0.2) is 80.1 Å². The molecule has 0 aromatic heterocycles. The van der Waals surface area contributed by atoms with E-state index in [1.54, 1.807) is 0 Å². The van der Waals surface area contributed by atoms with Crippen molar-refractivity contribution in [3.8, 4) is 0 Å². The zero-order chi connectivity index (χ0) is 16.4. The van der Waals surface area contributed by atoms with Gasteiger partial charge in [-0.2, -0.15) is 0 Å². The van der Waals surface area contributed by atoms with Crippen LogP contribution in [0.15, 0.2) is 14.2 Å². The summed E-state index contributed by atoms with van der Waals surface area (Å²) in [5, 5.41) is 0. The molecule has 0 radical (unpaired) electrons. The molecule has 124 valence electrons. The van der Waals surface area contributed by atoms with Gasteiger partial charge in [-0.15, -0.1) is 0 Å². The van der Waals surface area contributed by atoms with Crippen molar-refractivity contribution in [1.29, 1.82) is 0 Å². The molecule has 0 aromatic carbocycles. The van der Waals surface area contributed by atoms with E-state index in [1.165, 1.54) is 19.0 Å². The third kappa shape index (κ3) is 21.0. The Morgan fingerprint density at radius 2 is 1.15 bits per heavy atom. The highest BCUT2D eigenvalue weighted by Crippen LogP contribution is 2.44. The second-order valence-corrected chi connectivity index (χ2v) is 19.7. The topological polar surface area (TPSA) is 37.1 Å². The molecule has 3 nitrogen and oxygen atoms in total. The quantitative estimate of drug-likeness (QED) is 0.510. The van der Waals surface area contributed by atoms with E-state index in [4.69, 9.17) is 0 Å². The predicted molar refractivity (Wildman–Crippen MR) is 106 cm³/mol. The Morgan fingerprint density at radius 1 is 0.800 bits per heavy atom. The highest BCUT2D eigenvalue weighted by molar-refractivity contribution is 7.65. The van der Waals surface area contributed by atoms with Gasteiger partial charge in [0.15, 0.2) is 0 Å². The average molecular weight is 341 g/mol. The molecule has 0 bridgehead atoms. The lowest BCUT2D eigenvalue weighted by Crippen LogP contribution is -1.96. The molecular weight excluding hydrogens is 303 g/mol. The van der Waals surface area contributed by atoms with Gasteiger partial charge in [-0.05, 0) is 93.5 Å². The third-order valence-corrected chi connectivity index (χ3v) is 7.57. The second-order valence-electron chi connectivity index (χ2n) is 7.20. The van der Waals surface area contributed by atoms with Crippen LogP contribution in [0.5, 0.6) is 0 Å². The summed E-state index contributed by atoms with van der Waals surface area (Å²) < 4.78 is 12.8. The van der Waals surface area contributed by atoms with Crippen LogP contribution in [-0.2, 0) is 0 Å². The van der Waals surface area contributed by atoms with E-state index in [-0.39, 0.29) is 0 Å². The van der Waals surface area contributed by atoms with Crippen LogP contribution in [0.25, 0.3) is 0 Å². The van der Waals surface area contributed by atoms with Crippen LogP contribution in [0.1, 0.15) is 12.8 Å². The van der Waals surface area contributed by atoms with Crippen molar-refractivity contribution in [2.75, 3.05) is 80.1 Å². The van der Waals surface area contributed by atoms with Crippen molar-refractivity contribution in [2.24, 2.45) is 14.2 Å². The minimum absolute atomic E-state index is 0.712. The second kappa shape index (κ2) is 10.4. The van der Waals surface area contributed by atoms with Gasteiger partial charge in [0, 0.05) is 20.6 Å². The molecule has 0 saturated heterocycles. The maximum absolute atomic E-state index is 4.57. The van der Waals surface area contributed by atoms with E-state index in [1.807, 2.05) is 14.1 Å². The Morgan fingerprint density at radius 3 is 1.25 bits per heavy atom. The van der Waals surface area contributed by atoms with Crippen LogP contribution < -0.4 is 0 Å². The van der Waals surface area contributed by atoms with Crippen LogP contribution in [0.4, 0.5) is 0 Å². The molecular formula is C14H38N3P3. The molecule has 1 aliphatic rings. The van der Waals surface area contributed by atoms with E-state index < -0.39 is 21.2 Å². The summed E-state index contributed by atoms with van der Waals surface area (Å²) in [7, 11) is 1.51. The average Bonchev–Trinajstić information content (AvgIpc) is 2.28. The van der Waals surface area contributed by atoms with Gasteiger partial charge in [-0.3, -0.25) is 0 Å². The zero-order valence-corrected chi connectivity index (χ0v) is 18.2. The fourth-order valence-electron chi connectivity index (χ4n) is 1.02. The summed E-state index contributed by atoms with van der Waals surface area (Å²) in [5.74, 6) is 0. The van der Waals surface area contributed by atoms with Gasteiger partial charge in [-0.25, -0.2) is 0 Å². The van der Waals surface area contributed by atoms with Crippen molar-refractivity contribution < 1.29 is 0 Å². The van der Waals surface area contributed by atoms with Gasteiger partial charge in [-0.1, -0.05) is 0 Å². The highest BCUT2D eigenvalue weighted by Gasteiger charge is 2.07. The van der Waals surface area contributed by atoms with Crippen LogP contribution in [0, 0.1) is 0 Å². The van der Waals surface area contributed by atoms with Crippen molar-refractivity contribution in [3.63, 3.8) is 0 Å². The number of rotatable bonds is 0. The molecule has 0 saturated carbocycles. The summed E-state index contributed by atoms with van der Waals surface area (Å²) in [4.78, 5) is 0. The number of hydrogen-bond donors (Lipinski definition) is 0. The minimum Gasteiger partial charge on any atom is -0.307 e. The van der Waals surface area contributed by atoms with Crippen molar-refractivity contribution in [1.82, 2.24) is 0 Å². The monoisotopic (exact) mass is 341 g/mol. The molecule has 1 aliphatic heterocycles. The standard InChI is InChI=1S/C6H14NP.2C4H12NP/c1-8(2)6-4-3-5-7-8;2*1-5-6(2,3)4/h3-6H2,1-2H3;2*1-4H3.